The summed E-state index contributed by atoms with van der Waals surface area (Å²) in [5.41, 5.74) is 6.43. The zero-order chi connectivity index (χ0) is 14.7. The Hall–Kier alpha value is -1.65. The van der Waals surface area contributed by atoms with Gasteiger partial charge in [-0.3, -0.25) is 4.79 Å². The van der Waals surface area contributed by atoms with Gasteiger partial charge < -0.3 is 15.1 Å². The number of halogens is 2. The van der Waals surface area contributed by atoms with Gasteiger partial charge in [-0.2, -0.15) is 0 Å². The molecule has 0 atom stereocenters. The number of anilines is 1. The maximum atomic E-state index is 12.4. The lowest BCUT2D eigenvalue weighted by atomic mass is 10.1. The molecular formula is C14H14Cl2N2O2. The first kappa shape index (κ1) is 14.8. The van der Waals surface area contributed by atoms with Crippen LogP contribution in [0.1, 0.15) is 23.0 Å². The number of furan rings is 1. The van der Waals surface area contributed by atoms with Crippen LogP contribution < -0.4 is 5.73 Å². The summed E-state index contributed by atoms with van der Waals surface area (Å²) in [6.45, 7) is 2.82. The second kappa shape index (κ2) is 6.20. The van der Waals surface area contributed by atoms with Gasteiger partial charge in [0.05, 0.1) is 28.5 Å². The molecule has 0 unspecified atom stereocenters. The van der Waals surface area contributed by atoms with Crippen molar-refractivity contribution >= 4 is 34.8 Å². The first-order valence-corrected chi connectivity index (χ1v) is 6.84. The smallest absolute Gasteiger partial charge is 0.254 e. The molecule has 2 rings (SSSR count). The van der Waals surface area contributed by atoms with Crippen LogP contribution in [0, 0.1) is 0 Å². The van der Waals surface area contributed by atoms with Gasteiger partial charge in [0, 0.05) is 12.1 Å². The van der Waals surface area contributed by atoms with Gasteiger partial charge in [0.15, 0.2) is 0 Å². The van der Waals surface area contributed by atoms with Crippen LogP contribution in [-0.4, -0.2) is 17.4 Å². The fourth-order valence-electron chi connectivity index (χ4n) is 1.83. The number of nitrogens with zero attached hydrogens (tertiary/aromatic N) is 1. The highest BCUT2D eigenvalue weighted by Crippen LogP contribution is 2.30. The van der Waals surface area contributed by atoms with Crippen LogP contribution in [0.3, 0.4) is 0 Å². The van der Waals surface area contributed by atoms with Crippen molar-refractivity contribution in [2.75, 3.05) is 12.3 Å². The van der Waals surface area contributed by atoms with Crippen LogP contribution in [0.5, 0.6) is 0 Å². The van der Waals surface area contributed by atoms with E-state index in [-0.39, 0.29) is 21.6 Å². The van der Waals surface area contributed by atoms with Gasteiger partial charge in [0.2, 0.25) is 0 Å². The van der Waals surface area contributed by atoms with E-state index in [0.29, 0.717) is 24.4 Å². The molecule has 2 aromatic rings. The largest absolute Gasteiger partial charge is 0.467 e. The molecule has 0 fully saturated rings. The summed E-state index contributed by atoms with van der Waals surface area (Å²) in [4.78, 5) is 14.1. The molecule has 0 saturated heterocycles. The zero-order valence-electron chi connectivity index (χ0n) is 10.9. The highest BCUT2D eigenvalue weighted by Gasteiger charge is 2.18. The van der Waals surface area contributed by atoms with Crippen molar-refractivity contribution in [3.8, 4) is 0 Å². The third-order valence-corrected chi connectivity index (χ3v) is 3.72. The average Bonchev–Trinajstić information content (AvgIpc) is 2.93. The van der Waals surface area contributed by atoms with Gasteiger partial charge in [-0.15, -0.1) is 0 Å². The molecule has 106 valence electrons. The van der Waals surface area contributed by atoms with E-state index in [1.807, 2.05) is 13.0 Å². The predicted molar refractivity (Wildman–Crippen MR) is 80.0 cm³/mol. The molecule has 1 aromatic heterocycles. The second-order valence-corrected chi connectivity index (χ2v) is 5.05. The Kier molecular flexibility index (Phi) is 4.57. The molecule has 0 spiro atoms. The molecule has 6 heteroatoms. The van der Waals surface area contributed by atoms with E-state index >= 15 is 0 Å². The van der Waals surface area contributed by atoms with Crippen molar-refractivity contribution in [1.82, 2.24) is 4.90 Å². The van der Waals surface area contributed by atoms with Gasteiger partial charge in [-0.25, -0.2) is 0 Å². The predicted octanol–water partition coefficient (Wildman–Crippen LogP) is 3.83. The van der Waals surface area contributed by atoms with Crippen molar-refractivity contribution in [2.45, 2.75) is 13.5 Å². The quantitative estimate of drug-likeness (QED) is 0.873. The van der Waals surface area contributed by atoms with Gasteiger partial charge in [0.1, 0.15) is 5.76 Å². The summed E-state index contributed by atoms with van der Waals surface area (Å²) in [7, 11) is 0. The average molecular weight is 313 g/mol. The highest BCUT2D eigenvalue weighted by molar-refractivity contribution is 6.43. The number of nitrogen functional groups attached to an aromatic ring is 1. The van der Waals surface area contributed by atoms with E-state index in [1.54, 1.807) is 17.2 Å². The number of hydrogen-bond acceptors (Lipinski definition) is 3. The molecule has 0 aliphatic rings. The minimum atomic E-state index is -0.172. The third-order valence-electron chi connectivity index (χ3n) is 2.90. The fraction of sp³-hybridized carbons (Fsp3) is 0.214. The summed E-state index contributed by atoms with van der Waals surface area (Å²) in [5.74, 6) is 0.544. The summed E-state index contributed by atoms with van der Waals surface area (Å²) < 4.78 is 5.25. The number of hydrogen-bond donors (Lipinski definition) is 1. The normalized spacial score (nSPS) is 10.6. The molecule has 2 N–H and O–H groups in total. The Morgan fingerprint density at radius 3 is 2.70 bits per heavy atom. The SMILES string of the molecule is CCN(Cc1ccco1)C(=O)c1cc(N)c(Cl)c(Cl)c1. The van der Waals surface area contributed by atoms with Crippen LogP contribution in [0.25, 0.3) is 0 Å². The van der Waals surface area contributed by atoms with Gasteiger partial charge >= 0.3 is 0 Å². The Bertz CT molecular complexity index is 589. The minimum absolute atomic E-state index is 0.172. The van der Waals surface area contributed by atoms with E-state index < -0.39 is 0 Å². The third kappa shape index (κ3) is 3.08. The molecular weight excluding hydrogens is 299 g/mol. The Labute approximate surface area is 127 Å². The highest BCUT2D eigenvalue weighted by atomic mass is 35.5. The van der Waals surface area contributed by atoms with E-state index in [4.69, 9.17) is 33.4 Å². The molecule has 0 aliphatic carbocycles. The minimum Gasteiger partial charge on any atom is -0.467 e. The Morgan fingerprint density at radius 1 is 1.40 bits per heavy atom. The van der Waals surface area contributed by atoms with Gasteiger partial charge in [0.25, 0.3) is 5.91 Å². The fourth-order valence-corrected chi connectivity index (χ4v) is 2.17. The lowest BCUT2D eigenvalue weighted by Gasteiger charge is -2.20. The van der Waals surface area contributed by atoms with Crippen LogP contribution in [0.4, 0.5) is 5.69 Å². The second-order valence-electron chi connectivity index (χ2n) is 4.26. The summed E-state index contributed by atoms with van der Waals surface area (Å²) in [6.07, 6.45) is 1.57. The number of carbonyl (C=O) groups is 1. The number of amides is 1. The standard InChI is InChI=1S/C14H14Cl2N2O2/c1-2-18(8-10-4-3-5-20-10)14(19)9-6-11(15)13(16)12(17)7-9/h3-7H,2,8,17H2,1H3. The zero-order valence-corrected chi connectivity index (χ0v) is 12.4. The molecule has 0 saturated carbocycles. The Balaban J connectivity index is 2.24. The van der Waals surface area contributed by atoms with Crippen LogP contribution in [-0.2, 0) is 6.54 Å². The van der Waals surface area contributed by atoms with Crippen molar-refractivity contribution in [3.63, 3.8) is 0 Å². The molecule has 0 radical (unpaired) electrons. The Morgan fingerprint density at radius 2 is 2.15 bits per heavy atom. The molecule has 0 bridgehead atoms. The van der Waals surface area contributed by atoms with E-state index in [0.717, 1.165) is 0 Å². The van der Waals surface area contributed by atoms with Crippen LogP contribution in [0.15, 0.2) is 34.9 Å². The van der Waals surface area contributed by atoms with E-state index in [2.05, 4.69) is 0 Å². The number of benzene rings is 1. The monoisotopic (exact) mass is 312 g/mol. The molecule has 4 nitrogen and oxygen atoms in total. The van der Waals surface area contributed by atoms with Crippen molar-refractivity contribution in [2.24, 2.45) is 0 Å². The summed E-state index contributed by atoms with van der Waals surface area (Å²) >= 11 is 11.8. The molecule has 0 aliphatic heterocycles. The van der Waals surface area contributed by atoms with Crippen LogP contribution >= 0.6 is 23.2 Å². The van der Waals surface area contributed by atoms with Gasteiger partial charge in [-0.1, -0.05) is 23.2 Å². The molecule has 1 aromatic carbocycles. The lowest BCUT2D eigenvalue weighted by molar-refractivity contribution is 0.0741. The van der Waals surface area contributed by atoms with Crippen LogP contribution in [0.2, 0.25) is 10.0 Å². The molecule has 1 amide bonds. The number of rotatable bonds is 4. The lowest BCUT2D eigenvalue weighted by Crippen LogP contribution is -2.30. The van der Waals surface area contributed by atoms with Crippen molar-refractivity contribution in [1.29, 1.82) is 0 Å². The van der Waals surface area contributed by atoms with Gasteiger partial charge in [-0.05, 0) is 31.2 Å². The summed E-state index contributed by atoms with van der Waals surface area (Å²) in [5, 5.41) is 0.529. The number of nitrogens with two attached hydrogens (primary N) is 1. The first-order valence-electron chi connectivity index (χ1n) is 6.09. The van der Waals surface area contributed by atoms with E-state index in [9.17, 15) is 4.79 Å². The topological polar surface area (TPSA) is 59.5 Å². The maximum absolute atomic E-state index is 12.4. The first-order chi connectivity index (χ1) is 9.52. The van der Waals surface area contributed by atoms with E-state index in [1.165, 1.54) is 12.1 Å². The maximum Gasteiger partial charge on any atom is 0.254 e. The number of carbonyl (C=O) groups excluding carboxylic acids is 1. The molecule has 20 heavy (non-hydrogen) atoms. The molecule has 1 heterocycles. The summed E-state index contributed by atoms with van der Waals surface area (Å²) in [6, 6.07) is 6.65. The van der Waals surface area contributed by atoms with Crippen molar-refractivity contribution in [3.05, 3.63) is 51.9 Å². The van der Waals surface area contributed by atoms with Crippen molar-refractivity contribution < 1.29 is 9.21 Å².